The molecule has 8 nitrogen and oxygen atoms in total. The molecule has 164 valence electrons. The van der Waals surface area contributed by atoms with Crippen molar-refractivity contribution in [2.45, 2.75) is 18.9 Å². The van der Waals surface area contributed by atoms with E-state index in [-0.39, 0.29) is 37.6 Å². The van der Waals surface area contributed by atoms with Crippen molar-refractivity contribution in [3.8, 4) is 11.5 Å². The molecule has 1 aliphatic carbocycles. The zero-order valence-corrected chi connectivity index (χ0v) is 17.9. The summed E-state index contributed by atoms with van der Waals surface area (Å²) in [6.07, 6.45) is 1.69. The number of nitrogens with zero attached hydrogens (tertiary/aromatic N) is 1. The Kier molecular flexibility index (Phi) is 7.72. The smallest absolute Gasteiger partial charge is 0.261 e. The molecule has 0 aromatic heterocycles. The molecule has 1 saturated carbocycles. The summed E-state index contributed by atoms with van der Waals surface area (Å²) >= 11 is 5.83. The zero-order chi connectivity index (χ0) is 22.2. The third kappa shape index (κ3) is 7.18. The molecule has 3 amide bonds. The van der Waals surface area contributed by atoms with Gasteiger partial charge in [0.05, 0.1) is 20.2 Å². The summed E-state index contributed by atoms with van der Waals surface area (Å²) in [5.74, 6) is 0.144. The van der Waals surface area contributed by atoms with Crippen molar-refractivity contribution in [2.24, 2.45) is 0 Å². The van der Waals surface area contributed by atoms with E-state index in [9.17, 15) is 14.4 Å². The second-order valence-corrected chi connectivity index (χ2v) is 7.49. The summed E-state index contributed by atoms with van der Waals surface area (Å²) in [6.45, 7) is -0.495. The molecular weight excluding hydrogens is 422 g/mol. The van der Waals surface area contributed by atoms with Crippen LogP contribution in [0.25, 0.3) is 0 Å². The van der Waals surface area contributed by atoms with Crippen LogP contribution >= 0.6 is 11.6 Å². The molecule has 0 aliphatic heterocycles. The number of methoxy groups -OCH3 is 1. The van der Waals surface area contributed by atoms with E-state index in [4.69, 9.17) is 21.1 Å². The van der Waals surface area contributed by atoms with E-state index < -0.39 is 5.91 Å². The van der Waals surface area contributed by atoms with Crippen molar-refractivity contribution in [3.63, 3.8) is 0 Å². The molecule has 2 aromatic carbocycles. The fourth-order valence-electron chi connectivity index (χ4n) is 2.83. The third-order valence-electron chi connectivity index (χ3n) is 4.62. The number of nitrogens with one attached hydrogen (secondary N) is 2. The van der Waals surface area contributed by atoms with Crippen LogP contribution in [0, 0.1) is 0 Å². The molecular formula is C22H24ClN3O5. The van der Waals surface area contributed by atoms with Crippen LogP contribution in [0.2, 0.25) is 5.02 Å². The van der Waals surface area contributed by atoms with E-state index in [2.05, 4.69) is 10.6 Å². The molecule has 0 bridgehead atoms. The Morgan fingerprint density at radius 1 is 1.00 bits per heavy atom. The van der Waals surface area contributed by atoms with Gasteiger partial charge < -0.3 is 25.0 Å². The number of carbonyl (C=O) groups is 3. The molecule has 0 radical (unpaired) electrons. The van der Waals surface area contributed by atoms with Crippen LogP contribution in [-0.2, 0) is 14.4 Å². The van der Waals surface area contributed by atoms with Gasteiger partial charge in [-0.3, -0.25) is 14.4 Å². The molecule has 9 heteroatoms. The van der Waals surface area contributed by atoms with E-state index in [0.717, 1.165) is 12.8 Å². The van der Waals surface area contributed by atoms with Crippen molar-refractivity contribution in [3.05, 3.63) is 53.6 Å². The number of anilines is 1. The predicted octanol–water partition coefficient (Wildman–Crippen LogP) is 2.47. The second kappa shape index (κ2) is 10.7. The lowest BCUT2D eigenvalue weighted by molar-refractivity contribution is -0.138. The Labute approximate surface area is 185 Å². The lowest BCUT2D eigenvalue weighted by Gasteiger charge is -2.22. The Morgan fingerprint density at radius 3 is 2.26 bits per heavy atom. The highest BCUT2D eigenvalue weighted by molar-refractivity contribution is 6.30. The Morgan fingerprint density at radius 2 is 1.65 bits per heavy atom. The van der Waals surface area contributed by atoms with E-state index in [1.54, 1.807) is 55.6 Å². The van der Waals surface area contributed by atoms with Crippen molar-refractivity contribution in [2.75, 3.05) is 32.1 Å². The zero-order valence-electron chi connectivity index (χ0n) is 17.1. The monoisotopic (exact) mass is 445 g/mol. The van der Waals surface area contributed by atoms with Crippen molar-refractivity contribution >= 4 is 35.0 Å². The summed E-state index contributed by atoms with van der Waals surface area (Å²) in [5.41, 5.74) is 0.592. The van der Waals surface area contributed by atoms with Crippen LogP contribution in [0.4, 0.5) is 5.69 Å². The molecule has 31 heavy (non-hydrogen) atoms. The Balaban J connectivity index is 1.43. The largest absolute Gasteiger partial charge is 0.497 e. The van der Waals surface area contributed by atoms with E-state index in [1.165, 1.54) is 4.90 Å². The molecule has 1 fully saturated rings. The van der Waals surface area contributed by atoms with Crippen LogP contribution in [0.1, 0.15) is 12.8 Å². The normalized spacial score (nSPS) is 12.6. The van der Waals surface area contributed by atoms with E-state index in [0.29, 0.717) is 22.2 Å². The van der Waals surface area contributed by atoms with Crippen LogP contribution < -0.4 is 20.1 Å². The first kappa shape index (κ1) is 22.4. The number of hydrogen-bond acceptors (Lipinski definition) is 5. The number of carbonyl (C=O) groups excluding carboxylic acids is 3. The minimum absolute atomic E-state index is 0.0280. The van der Waals surface area contributed by atoms with Crippen LogP contribution in [0.3, 0.4) is 0 Å². The number of amides is 3. The first-order chi connectivity index (χ1) is 14.9. The maximum atomic E-state index is 12.5. The van der Waals surface area contributed by atoms with Gasteiger partial charge in [-0.25, -0.2) is 0 Å². The molecule has 1 aliphatic rings. The molecule has 0 heterocycles. The SMILES string of the molecule is COc1ccc(NC(=O)CNC(=O)CN(C(=O)COc2ccc(Cl)cc2)C2CC2)cc1. The van der Waals surface area contributed by atoms with Gasteiger partial charge in [0.1, 0.15) is 11.5 Å². The first-order valence-electron chi connectivity index (χ1n) is 9.83. The highest BCUT2D eigenvalue weighted by Crippen LogP contribution is 2.27. The van der Waals surface area contributed by atoms with Crippen LogP contribution in [0.5, 0.6) is 11.5 Å². The van der Waals surface area contributed by atoms with E-state index >= 15 is 0 Å². The molecule has 0 unspecified atom stereocenters. The maximum absolute atomic E-state index is 12.5. The van der Waals surface area contributed by atoms with Gasteiger partial charge in [0.2, 0.25) is 11.8 Å². The van der Waals surface area contributed by atoms with Gasteiger partial charge in [-0.2, -0.15) is 0 Å². The third-order valence-corrected chi connectivity index (χ3v) is 4.87. The van der Waals surface area contributed by atoms with Gasteiger partial charge in [0.25, 0.3) is 5.91 Å². The van der Waals surface area contributed by atoms with Gasteiger partial charge in [0.15, 0.2) is 6.61 Å². The van der Waals surface area contributed by atoms with Gasteiger partial charge >= 0.3 is 0 Å². The number of rotatable bonds is 10. The quantitative estimate of drug-likeness (QED) is 0.585. The van der Waals surface area contributed by atoms with Crippen LogP contribution in [0.15, 0.2) is 48.5 Å². The molecule has 0 atom stereocenters. The van der Waals surface area contributed by atoms with Crippen LogP contribution in [-0.4, -0.2) is 55.5 Å². The molecule has 0 spiro atoms. The van der Waals surface area contributed by atoms with Crippen molar-refractivity contribution in [1.82, 2.24) is 10.2 Å². The fraction of sp³-hybridized carbons (Fsp3) is 0.318. The standard InChI is InChI=1S/C22H24ClN3O5/c1-30-18-10-4-16(5-11-18)25-20(27)12-24-21(28)13-26(17-6-7-17)22(29)14-31-19-8-2-15(23)3-9-19/h2-5,8-11,17H,6-7,12-14H2,1H3,(H,24,28)(H,25,27). The average molecular weight is 446 g/mol. The minimum Gasteiger partial charge on any atom is -0.497 e. The first-order valence-corrected chi connectivity index (χ1v) is 10.2. The lowest BCUT2D eigenvalue weighted by atomic mass is 10.3. The maximum Gasteiger partial charge on any atom is 0.261 e. The molecule has 0 saturated heterocycles. The predicted molar refractivity (Wildman–Crippen MR) is 116 cm³/mol. The molecule has 3 rings (SSSR count). The van der Waals surface area contributed by atoms with Gasteiger partial charge in [-0.15, -0.1) is 0 Å². The summed E-state index contributed by atoms with van der Waals surface area (Å²) in [5, 5.41) is 5.81. The van der Waals surface area contributed by atoms with E-state index in [1.807, 2.05) is 0 Å². The van der Waals surface area contributed by atoms with Gasteiger partial charge in [-0.05, 0) is 61.4 Å². The lowest BCUT2D eigenvalue weighted by Crippen LogP contribution is -2.45. The highest BCUT2D eigenvalue weighted by Gasteiger charge is 2.34. The number of halogens is 1. The van der Waals surface area contributed by atoms with Gasteiger partial charge in [-0.1, -0.05) is 11.6 Å². The number of ether oxygens (including phenoxy) is 2. The number of hydrogen-bond donors (Lipinski definition) is 2. The fourth-order valence-corrected chi connectivity index (χ4v) is 2.96. The van der Waals surface area contributed by atoms with Crippen molar-refractivity contribution in [1.29, 1.82) is 0 Å². The summed E-state index contributed by atoms with van der Waals surface area (Å²) in [6, 6.07) is 13.6. The second-order valence-electron chi connectivity index (χ2n) is 7.05. The Bertz CT molecular complexity index is 914. The topological polar surface area (TPSA) is 97.0 Å². The summed E-state index contributed by atoms with van der Waals surface area (Å²) < 4.78 is 10.6. The van der Waals surface area contributed by atoms with Gasteiger partial charge in [0, 0.05) is 16.8 Å². The Hall–Kier alpha value is -3.26. The summed E-state index contributed by atoms with van der Waals surface area (Å²) in [7, 11) is 1.56. The molecule has 2 N–H and O–H groups in total. The molecule has 2 aromatic rings. The minimum atomic E-state index is -0.406. The van der Waals surface area contributed by atoms with Crippen molar-refractivity contribution < 1.29 is 23.9 Å². The average Bonchev–Trinajstić information content (AvgIpc) is 3.61. The highest BCUT2D eigenvalue weighted by atomic mass is 35.5. The number of benzene rings is 2. The summed E-state index contributed by atoms with van der Waals surface area (Å²) in [4.78, 5) is 38.4.